The van der Waals surface area contributed by atoms with Crippen LogP contribution in [-0.2, 0) is 11.2 Å². The Hall–Kier alpha value is -1.91. The van der Waals surface area contributed by atoms with Gasteiger partial charge >= 0.3 is 0 Å². The number of amides is 1. The molecule has 1 fully saturated rings. The standard InChI is InChI=1S/C20H22Cl2N2O2/c1-2-15-3-6-17(7-4-15)23-9-11-24(12-10-23)20(25)14-26-19-8-5-16(21)13-18(19)22/h3-8,13H,2,9-12,14H2,1H3. The normalized spacial score (nSPS) is 14.4. The molecule has 0 radical (unpaired) electrons. The number of carbonyl (C=O) groups excluding carboxylic acids is 1. The van der Waals surface area contributed by atoms with Crippen LogP contribution in [0, 0.1) is 0 Å². The van der Waals surface area contributed by atoms with Crippen LogP contribution < -0.4 is 9.64 Å². The van der Waals surface area contributed by atoms with Crippen molar-refractivity contribution < 1.29 is 9.53 Å². The number of halogens is 2. The number of ether oxygens (including phenoxy) is 1. The van der Waals surface area contributed by atoms with E-state index in [1.807, 2.05) is 4.90 Å². The van der Waals surface area contributed by atoms with Gasteiger partial charge in [0.15, 0.2) is 6.61 Å². The van der Waals surface area contributed by atoms with Crippen molar-refractivity contribution >= 4 is 34.8 Å². The first-order valence-electron chi connectivity index (χ1n) is 8.76. The van der Waals surface area contributed by atoms with Crippen LogP contribution in [0.25, 0.3) is 0 Å². The lowest BCUT2D eigenvalue weighted by atomic mass is 10.1. The van der Waals surface area contributed by atoms with Crippen LogP contribution in [0.5, 0.6) is 5.75 Å². The van der Waals surface area contributed by atoms with E-state index >= 15 is 0 Å². The predicted molar refractivity (Wildman–Crippen MR) is 107 cm³/mol. The molecule has 4 nitrogen and oxygen atoms in total. The Morgan fingerprint density at radius 3 is 2.35 bits per heavy atom. The quantitative estimate of drug-likeness (QED) is 0.760. The van der Waals surface area contributed by atoms with Gasteiger partial charge in [-0.15, -0.1) is 0 Å². The summed E-state index contributed by atoms with van der Waals surface area (Å²) in [6.45, 7) is 5.14. The van der Waals surface area contributed by atoms with Gasteiger partial charge in [0, 0.05) is 36.9 Å². The number of aryl methyl sites for hydroxylation is 1. The largest absolute Gasteiger partial charge is 0.482 e. The minimum atomic E-state index is -0.0306. The van der Waals surface area contributed by atoms with E-state index in [9.17, 15) is 4.79 Å². The van der Waals surface area contributed by atoms with Crippen LogP contribution in [0.3, 0.4) is 0 Å². The van der Waals surface area contributed by atoms with Crippen molar-refractivity contribution in [2.45, 2.75) is 13.3 Å². The molecule has 3 rings (SSSR count). The maximum Gasteiger partial charge on any atom is 0.260 e. The van der Waals surface area contributed by atoms with E-state index in [0.29, 0.717) is 28.9 Å². The second-order valence-corrected chi connectivity index (χ2v) is 7.09. The second-order valence-electron chi connectivity index (χ2n) is 6.25. The SMILES string of the molecule is CCc1ccc(N2CCN(C(=O)COc3ccc(Cl)cc3Cl)CC2)cc1. The third-order valence-electron chi connectivity index (χ3n) is 4.59. The molecule has 1 amide bonds. The van der Waals surface area contributed by atoms with Gasteiger partial charge in [0.05, 0.1) is 5.02 Å². The minimum Gasteiger partial charge on any atom is -0.482 e. The maximum atomic E-state index is 12.4. The Morgan fingerprint density at radius 2 is 1.73 bits per heavy atom. The van der Waals surface area contributed by atoms with Gasteiger partial charge in [0.2, 0.25) is 0 Å². The molecular weight excluding hydrogens is 371 g/mol. The van der Waals surface area contributed by atoms with Crippen LogP contribution in [0.1, 0.15) is 12.5 Å². The molecule has 0 N–H and O–H groups in total. The van der Waals surface area contributed by atoms with Gasteiger partial charge in [0.1, 0.15) is 5.75 Å². The number of hydrogen-bond donors (Lipinski definition) is 0. The molecule has 0 unspecified atom stereocenters. The van der Waals surface area contributed by atoms with Gasteiger partial charge in [-0.05, 0) is 42.3 Å². The number of hydrogen-bond acceptors (Lipinski definition) is 3. The summed E-state index contributed by atoms with van der Waals surface area (Å²) < 4.78 is 5.55. The fraction of sp³-hybridized carbons (Fsp3) is 0.350. The molecule has 2 aromatic carbocycles. The maximum absolute atomic E-state index is 12.4. The smallest absolute Gasteiger partial charge is 0.260 e. The molecule has 1 aliphatic heterocycles. The van der Waals surface area contributed by atoms with Crippen LogP contribution >= 0.6 is 23.2 Å². The molecule has 26 heavy (non-hydrogen) atoms. The van der Waals surface area contributed by atoms with Crippen LogP contribution in [0.4, 0.5) is 5.69 Å². The van der Waals surface area contributed by atoms with Crippen molar-refractivity contribution in [3.63, 3.8) is 0 Å². The van der Waals surface area contributed by atoms with E-state index in [-0.39, 0.29) is 12.5 Å². The summed E-state index contributed by atoms with van der Waals surface area (Å²) in [5, 5.41) is 0.947. The summed E-state index contributed by atoms with van der Waals surface area (Å²) in [4.78, 5) is 16.5. The van der Waals surface area contributed by atoms with Crippen molar-refractivity contribution in [2.24, 2.45) is 0 Å². The Kier molecular flexibility index (Phi) is 6.28. The monoisotopic (exact) mass is 392 g/mol. The molecule has 0 aromatic heterocycles. The molecule has 0 aliphatic carbocycles. The summed E-state index contributed by atoms with van der Waals surface area (Å²) in [5.41, 5.74) is 2.54. The number of anilines is 1. The molecule has 0 atom stereocenters. The van der Waals surface area contributed by atoms with Gasteiger partial charge in [0.25, 0.3) is 5.91 Å². The Morgan fingerprint density at radius 1 is 1.04 bits per heavy atom. The highest BCUT2D eigenvalue weighted by molar-refractivity contribution is 6.35. The summed E-state index contributed by atoms with van der Waals surface area (Å²) >= 11 is 11.9. The Bertz CT molecular complexity index is 757. The second kappa shape index (κ2) is 8.65. The van der Waals surface area contributed by atoms with Crippen LogP contribution in [0.2, 0.25) is 10.0 Å². The highest BCUT2D eigenvalue weighted by Gasteiger charge is 2.21. The fourth-order valence-electron chi connectivity index (χ4n) is 2.98. The van der Waals surface area contributed by atoms with Crippen molar-refractivity contribution in [1.29, 1.82) is 0 Å². The highest BCUT2D eigenvalue weighted by atomic mass is 35.5. The van der Waals surface area contributed by atoms with E-state index in [2.05, 4.69) is 36.1 Å². The molecule has 6 heteroatoms. The third kappa shape index (κ3) is 4.63. The zero-order chi connectivity index (χ0) is 18.5. The lowest BCUT2D eigenvalue weighted by Gasteiger charge is -2.36. The van der Waals surface area contributed by atoms with Crippen molar-refractivity contribution in [3.05, 3.63) is 58.1 Å². The molecule has 0 saturated carbocycles. The van der Waals surface area contributed by atoms with Crippen LogP contribution in [0.15, 0.2) is 42.5 Å². The fourth-order valence-corrected chi connectivity index (χ4v) is 3.44. The average molecular weight is 393 g/mol. The third-order valence-corrected chi connectivity index (χ3v) is 5.12. The van der Waals surface area contributed by atoms with Gasteiger partial charge in [-0.25, -0.2) is 0 Å². The summed E-state index contributed by atoms with van der Waals surface area (Å²) in [5.74, 6) is 0.441. The van der Waals surface area contributed by atoms with Gasteiger partial charge in [-0.1, -0.05) is 42.3 Å². The number of carbonyl (C=O) groups is 1. The lowest BCUT2D eigenvalue weighted by molar-refractivity contribution is -0.133. The summed E-state index contributed by atoms with van der Waals surface area (Å²) in [6, 6.07) is 13.6. The zero-order valence-electron chi connectivity index (χ0n) is 14.8. The van der Waals surface area contributed by atoms with Gasteiger partial charge in [-0.2, -0.15) is 0 Å². The summed E-state index contributed by atoms with van der Waals surface area (Å²) in [7, 11) is 0. The van der Waals surface area contributed by atoms with Crippen molar-refractivity contribution in [3.8, 4) is 5.75 Å². The molecule has 1 heterocycles. The van der Waals surface area contributed by atoms with E-state index in [1.165, 1.54) is 11.3 Å². The van der Waals surface area contributed by atoms with Gasteiger partial charge < -0.3 is 14.5 Å². The van der Waals surface area contributed by atoms with E-state index < -0.39 is 0 Å². The van der Waals surface area contributed by atoms with E-state index in [4.69, 9.17) is 27.9 Å². The molecule has 1 saturated heterocycles. The summed E-state index contributed by atoms with van der Waals surface area (Å²) in [6.07, 6.45) is 1.04. The number of piperazine rings is 1. The number of benzene rings is 2. The Balaban J connectivity index is 1.50. The first kappa shape index (κ1) is 18.9. The predicted octanol–water partition coefficient (Wildman–Crippen LogP) is 4.28. The molecule has 0 spiro atoms. The average Bonchev–Trinajstić information content (AvgIpc) is 2.67. The van der Waals surface area contributed by atoms with E-state index in [1.54, 1.807) is 18.2 Å². The first-order valence-corrected chi connectivity index (χ1v) is 9.52. The topological polar surface area (TPSA) is 32.8 Å². The molecule has 1 aliphatic rings. The Labute approximate surface area is 164 Å². The van der Waals surface area contributed by atoms with E-state index in [0.717, 1.165) is 19.5 Å². The molecular formula is C20H22Cl2N2O2. The number of nitrogens with zero attached hydrogens (tertiary/aromatic N) is 2. The molecule has 138 valence electrons. The zero-order valence-corrected chi connectivity index (χ0v) is 16.3. The molecule has 0 bridgehead atoms. The van der Waals surface area contributed by atoms with Crippen LogP contribution in [-0.4, -0.2) is 43.6 Å². The van der Waals surface area contributed by atoms with Crippen molar-refractivity contribution in [1.82, 2.24) is 4.90 Å². The van der Waals surface area contributed by atoms with Crippen molar-refractivity contribution in [2.75, 3.05) is 37.7 Å². The number of rotatable bonds is 5. The first-order chi connectivity index (χ1) is 12.6. The molecule has 2 aromatic rings. The highest BCUT2D eigenvalue weighted by Crippen LogP contribution is 2.27. The minimum absolute atomic E-state index is 0.0213. The lowest BCUT2D eigenvalue weighted by Crippen LogP contribution is -2.50. The van der Waals surface area contributed by atoms with Gasteiger partial charge in [-0.3, -0.25) is 4.79 Å².